The molecule has 0 aliphatic carbocycles. The van der Waals surface area contributed by atoms with Crippen LogP contribution in [0.15, 0.2) is 71.1 Å². The van der Waals surface area contributed by atoms with Gasteiger partial charge in [0.05, 0.1) is 11.7 Å². The van der Waals surface area contributed by atoms with Crippen LogP contribution in [-0.4, -0.2) is 22.0 Å². The fourth-order valence-electron chi connectivity index (χ4n) is 3.16. The Morgan fingerprint density at radius 3 is 2.66 bits per heavy atom. The molecule has 29 heavy (non-hydrogen) atoms. The number of halogens is 1. The van der Waals surface area contributed by atoms with Gasteiger partial charge >= 0.3 is 0 Å². The van der Waals surface area contributed by atoms with Crippen LogP contribution < -0.4 is 10.9 Å². The van der Waals surface area contributed by atoms with Crippen LogP contribution >= 0.6 is 11.3 Å². The largest absolute Gasteiger partial charge is 0.354 e. The molecule has 5 nitrogen and oxygen atoms in total. The summed E-state index contributed by atoms with van der Waals surface area (Å²) in [5.74, 6) is -0.611. The summed E-state index contributed by atoms with van der Waals surface area (Å²) in [5, 5.41) is 5.16. The van der Waals surface area contributed by atoms with Crippen molar-refractivity contribution in [1.29, 1.82) is 0 Å². The van der Waals surface area contributed by atoms with E-state index in [0.717, 1.165) is 11.1 Å². The zero-order chi connectivity index (χ0) is 20.2. The van der Waals surface area contributed by atoms with Gasteiger partial charge in [-0.05, 0) is 23.6 Å². The molecule has 0 aliphatic heterocycles. The van der Waals surface area contributed by atoms with E-state index in [0.29, 0.717) is 22.2 Å². The maximum absolute atomic E-state index is 13.6. The highest BCUT2D eigenvalue weighted by Crippen LogP contribution is 2.30. The maximum atomic E-state index is 13.6. The van der Waals surface area contributed by atoms with Crippen molar-refractivity contribution in [3.63, 3.8) is 0 Å². The zero-order valence-corrected chi connectivity index (χ0v) is 16.3. The number of amides is 1. The van der Waals surface area contributed by atoms with Gasteiger partial charge in [-0.25, -0.2) is 9.37 Å². The highest BCUT2D eigenvalue weighted by molar-refractivity contribution is 7.17. The average molecular weight is 407 g/mol. The van der Waals surface area contributed by atoms with Gasteiger partial charge in [-0.15, -0.1) is 11.3 Å². The van der Waals surface area contributed by atoms with E-state index in [4.69, 9.17) is 0 Å². The topological polar surface area (TPSA) is 64.0 Å². The minimum Gasteiger partial charge on any atom is -0.354 e. The summed E-state index contributed by atoms with van der Waals surface area (Å²) < 4.78 is 14.9. The lowest BCUT2D eigenvalue weighted by Gasteiger charge is -2.08. The number of hydrogen-bond donors (Lipinski definition) is 1. The molecule has 0 unspecified atom stereocenters. The van der Waals surface area contributed by atoms with Gasteiger partial charge in [0.1, 0.15) is 17.2 Å². The number of nitrogens with zero attached hydrogens (tertiary/aromatic N) is 2. The van der Waals surface area contributed by atoms with E-state index in [-0.39, 0.29) is 30.4 Å². The Morgan fingerprint density at radius 1 is 1.10 bits per heavy atom. The lowest BCUT2D eigenvalue weighted by molar-refractivity contribution is -0.121. The number of carbonyl (C=O) groups is 1. The van der Waals surface area contributed by atoms with E-state index in [1.165, 1.54) is 28.3 Å². The van der Waals surface area contributed by atoms with Crippen LogP contribution in [-0.2, 0) is 17.8 Å². The molecule has 0 aliphatic rings. The van der Waals surface area contributed by atoms with Crippen molar-refractivity contribution in [2.45, 2.75) is 13.0 Å². The fourth-order valence-corrected chi connectivity index (χ4v) is 4.07. The Balaban J connectivity index is 1.49. The molecule has 4 aromatic rings. The monoisotopic (exact) mass is 407 g/mol. The molecule has 7 heteroatoms. The van der Waals surface area contributed by atoms with Crippen molar-refractivity contribution in [3.8, 4) is 11.1 Å². The highest BCUT2D eigenvalue weighted by atomic mass is 32.1. The molecule has 1 N–H and O–H groups in total. The van der Waals surface area contributed by atoms with Crippen LogP contribution in [0.3, 0.4) is 0 Å². The third kappa shape index (κ3) is 4.09. The minimum absolute atomic E-state index is 0.136. The van der Waals surface area contributed by atoms with Crippen molar-refractivity contribution in [1.82, 2.24) is 14.9 Å². The van der Waals surface area contributed by atoms with E-state index in [1.54, 1.807) is 18.2 Å². The Hall–Kier alpha value is -3.32. The summed E-state index contributed by atoms with van der Waals surface area (Å²) >= 11 is 1.40. The lowest BCUT2D eigenvalue weighted by Crippen LogP contribution is -2.33. The molecule has 2 heterocycles. The number of aromatic nitrogens is 2. The minimum atomic E-state index is -0.318. The molecule has 0 saturated carbocycles. The van der Waals surface area contributed by atoms with Gasteiger partial charge < -0.3 is 5.32 Å². The summed E-state index contributed by atoms with van der Waals surface area (Å²) in [5.41, 5.74) is 2.04. The Bertz CT molecular complexity index is 1220. The summed E-state index contributed by atoms with van der Waals surface area (Å²) in [6.45, 7) is 0.154. The first kappa shape index (κ1) is 19.0. The first-order chi connectivity index (χ1) is 14.1. The molecular weight excluding hydrogens is 389 g/mol. The molecule has 0 radical (unpaired) electrons. The Morgan fingerprint density at radius 2 is 1.86 bits per heavy atom. The predicted octanol–water partition coefficient (Wildman–Crippen LogP) is 3.62. The smallest absolute Gasteiger partial charge is 0.263 e. The second-order valence-corrected chi connectivity index (χ2v) is 7.42. The summed E-state index contributed by atoms with van der Waals surface area (Å²) in [6, 6.07) is 16.1. The van der Waals surface area contributed by atoms with E-state index in [1.807, 2.05) is 35.7 Å². The number of thiophene rings is 1. The Kier molecular flexibility index (Phi) is 5.48. The van der Waals surface area contributed by atoms with Crippen LogP contribution in [0.1, 0.15) is 5.56 Å². The van der Waals surface area contributed by atoms with Gasteiger partial charge in [0, 0.05) is 17.5 Å². The lowest BCUT2D eigenvalue weighted by atomic mass is 10.1. The molecule has 2 aromatic carbocycles. The molecule has 0 bridgehead atoms. The number of nitrogens with one attached hydrogen (secondary N) is 1. The molecule has 2 aromatic heterocycles. The normalized spacial score (nSPS) is 10.9. The van der Waals surface area contributed by atoms with E-state index >= 15 is 0 Å². The van der Waals surface area contributed by atoms with Crippen molar-refractivity contribution in [2.75, 3.05) is 6.54 Å². The number of hydrogen-bond acceptors (Lipinski definition) is 4. The van der Waals surface area contributed by atoms with Crippen LogP contribution in [0.25, 0.3) is 21.3 Å². The van der Waals surface area contributed by atoms with Crippen LogP contribution in [0.4, 0.5) is 4.39 Å². The standard InChI is InChI=1S/C22H18FN3O2S/c23-18-9-5-4-8-16(18)10-11-24-19(27)12-26-14-25-21-20(22(26)28)17(13-29-21)15-6-2-1-3-7-15/h1-9,13-14H,10-12H2,(H,24,27). The number of rotatable bonds is 6. The van der Waals surface area contributed by atoms with Gasteiger partial charge in [-0.1, -0.05) is 48.5 Å². The second kappa shape index (κ2) is 8.36. The second-order valence-electron chi connectivity index (χ2n) is 6.56. The van der Waals surface area contributed by atoms with Gasteiger partial charge in [0.2, 0.25) is 5.91 Å². The van der Waals surface area contributed by atoms with Crippen molar-refractivity contribution >= 4 is 27.5 Å². The summed E-state index contributed by atoms with van der Waals surface area (Å²) in [4.78, 5) is 30.2. The van der Waals surface area contributed by atoms with Crippen molar-refractivity contribution < 1.29 is 9.18 Å². The first-order valence-corrected chi connectivity index (χ1v) is 10.0. The predicted molar refractivity (Wildman–Crippen MR) is 112 cm³/mol. The van der Waals surface area contributed by atoms with Crippen LogP contribution in [0.2, 0.25) is 0 Å². The summed E-state index contributed by atoms with van der Waals surface area (Å²) in [6.07, 6.45) is 1.78. The molecule has 0 fully saturated rings. The van der Waals surface area contributed by atoms with Crippen molar-refractivity contribution in [3.05, 3.63) is 88.0 Å². The number of fused-ring (bicyclic) bond motifs is 1. The molecule has 1 amide bonds. The SMILES string of the molecule is O=C(Cn1cnc2scc(-c3ccccc3)c2c1=O)NCCc1ccccc1F. The van der Waals surface area contributed by atoms with Crippen molar-refractivity contribution in [2.24, 2.45) is 0 Å². The van der Waals surface area contributed by atoms with E-state index in [9.17, 15) is 14.0 Å². The summed E-state index contributed by atoms with van der Waals surface area (Å²) in [7, 11) is 0. The van der Waals surface area contributed by atoms with Gasteiger partial charge in [-0.2, -0.15) is 0 Å². The molecule has 0 saturated heterocycles. The molecule has 0 atom stereocenters. The third-order valence-corrected chi connectivity index (χ3v) is 5.52. The van der Waals surface area contributed by atoms with Crippen LogP contribution in [0.5, 0.6) is 0 Å². The maximum Gasteiger partial charge on any atom is 0.263 e. The first-order valence-electron chi connectivity index (χ1n) is 9.15. The molecule has 146 valence electrons. The molecule has 0 spiro atoms. The highest BCUT2D eigenvalue weighted by Gasteiger charge is 2.14. The number of benzene rings is 2. The average Bonchev–Trinajstić information content (AvgIpc) is 3.17. The van der Waals surface area contributed by atoms with Crippen LogP contribution in [0, 0.1) is 5.82 Å². The van der Waals surface area contributed by atoms with E-state index < -0.39 is 0 Å². The number of carbonyl (C=O) groups excluding carboxylic acids is 1. The molecular formula is C22H18FN3O2S. The van der Waals surface area contributed by atoms with Gasteiger partial charge in [0.15, 0.2) is 0 Å². The zero-order valence-electron chi connectivity index (χ0n) is 15.5. The molecule has 4 rings (SSSR count). The van der Waals surface area contributed by atoms with Gasteiger partial charge in [0.25, 0.3) is 5.56 Å². The quantitative estimate of drug-likeness (QED) is 0.531. The fraction of sp³-hybridized carbons (Fsp3) is 0.136. The van der Waals surface area contributed by atoms with Gasteiger partial charge in [-0.3, -0.25) is 14.2 Å². The third-order valence-electron chi connectivity index (χ3n) is 4.63. The van der Waals surface area contributed by atoms with E-state index in [2.05, 4.69) is 10.3 Å². The Labute approximate surface area is 170 Å².